The third-order valence-corrected chi connectivity index (χ3v) is 2.67. The van der Waals surface area contributed by atoms with Crippen molar-refractivity contribution in [2.75, 3.05) is 0 Å². The van der Waals surface area contributed by atoms with E-state index >= 15 is 0 Å². The summed E-state index contributed by atoms with van der Waals surface area (Å²) in [4.78, 5) is 21.7. The van der Waals surface area contributed by atoms with Crippen LogP contribution in [0.5, 0.6) is 0 Å². The first-order valence-corrected chi connectivity index (χ1v) is 5.38. The summed E-state index contributed by atoms with van der Waals surface area (Å²) in [7, 11) is 0. The van der Waals surface area contributed by atoms with Gasteiger partial charge in [-0.1, -0.05) is 23.7 Å². The van der Waals surface area contributed by atoms with Crippen molar-refractivity contribution in [3.63, 3.8) is 0 Å². The normalized spacial score (nSPS) is 13.9. The van der Waals surface area contributed by atoms with Gasteiger partial charge in [0.15, 0.2) is 0 Å². The van der Waals surface area contributed by atoms with Crippen LogP contribution in [0.25, 0.3) is 0 Å². The van der Waals surface area contributed by atoms with Crippen LogP contribution in [0.2, 0.25) is 5.02 Å². The lowest BCUT2D eigenvalue weighted by atomic mass is 9.97. The van der Waals surface area contributed by atoms with Gasteiger partial charge in [-0.25, -0.2) is 4.79 Å². The van der Waals surface area contributed by atoms with Gasteiger partial charge in [0.05, 0.1) is 23.1 Å². The highest BCUT2D eigenvalue weighted by molar-refractivity contribution is 6.33. The standard InChI is InChI=1S/C11H12ClNO5/c12-6-3-1-2-5(9(6)11(17)18)10(16)7(14)4-8(13)15/h1-3,7,10,14,16H,4H2,(H2,13,15)(H,17,18). The second-order valence-electron chi connectivity index (χ2n) is 3.69. The first kappa shape index (κ1) is 14.4. The fraction of sp³-hybridized carbons (Fsp3) is 0.273. The van der Waals surface area contributed by atoms with Gasteiger partial charge in [-0.2, -0.15) is 0 Å². The molecule has 0 aliphatic carbocycles. The summed E-state index contributed by atoms with van der Waals surface area (Å²) >= 11 is 5.71. The molecule has 0 heterocycles. The number of nitrogens with two attached hydrogens (primary N) is 1. The zero-order chi connectivity index (χ0) is 13.9. The van der Waals surface area contributed by atoms with Crippen molar-refractivity contribution in [1.82, 2.24) is 0 Å². The number of hydrogen-bond acceptors (Lipinski definition) is 4. The van der Waals surface area contributed by atoms with Crippen LogP contribution in [-0.4, -0.2) is 33.3 Å². The van der Waals surface area contributed by atoms with Crippen LogP contribution >= 0.6 is 11.6 Å². The second-order valence-corrected chi connectivity index (χ2v) is 4.10. The van der Waals surface area contributed by atoms with E-state index in [0.717, 1.165) is 0 Å². The highest BCUT2D eigenvalue weighted by atomic mass is 35.5. The summed E-state index contributed by atoms with van der Waals surface area (Å²) in [6.45, 7) is 0. The van der Waals surface area contributed by atoms with Crippen molar-refractivity contribution in [3.8, 4) is 0 Å². The molecule has 7 heteroatoms. The molecular weight excluding hydrogens is 262 g/mol. The Balaban J connectivity index is 3.12. The molecule has 6 nitrogen and oxygen atoms in total. The van der Waals surface area contributed by atoms with Gasteiger partial charge in [0.2, 0.25) is 5.91 Å². The van der Waals surface area contributed by atoms with E-state index in [1.54, 1.807) is 0 Å². The Morgan fingerprint density at radius 3 is 2.44 bits per heavy atom. The number of carbonyl (C=O) groups is 2. The predicted octanol–water partition coefficient (Wildman–Crippen LogP) is 0.308. The van der Waals surface area contributed by atoms with Gasteiger partial charge in [-0.15, -0.1) is 0 Å². The molecule has 2 unspecified atom stereocenters. The first-order valence-electron chi connectivity index (χ1n) is 5.00. The molecule has 0 bridgehead atoms. The Kier molecular flexibility index (Phi) is 4.66. The Bertz CT molecular complexity index is 477. The van der Waals surface area contributed by atoms with Gasteiger partial charge < -0.3 is 21.1 Å². The fourth-order valence-electron chi connectivity index (χ4n) is 1.54. The molecule has 1 rings (SSSR count). The number of rotatable bonds is 5. The minimum absolute atomic E-state index is 0.0645. The Morgan fingerprint density at radius 2 is 1.94 bits per heavy atom. The summed E-state index contributed by atoms with van der Waals surface area (Å²) in [5.74, 6) is -2.14. The lowest BCUT2D eigenvalue weighted by Gasteiger charge is -2.19. The van der Waals surface area contributed by atoms with Crippen LogP contribution in [0.4, 0.5) is 0 Å². The van der Waals surface area contributed by atoms with Crippen molar-refractivity contribution < 1.29 is 24.9 Å². The molecule has 1 aromatic carbocycles. The summed E-state index contributed by atoms with van der Waals surface area (Å²) in [5, 5.41) is 28.3. The lowest BCUT2D eigenvalue weighted by molar-refractivity contribution is -0.121. The van der Waals surface area contributed by atoms with Gasteiger partial charge in [-0.3, -0.25) is 4.79 Å². The van der Waals surface area contributed by atoms with Gasteiger partial charge >= 0.3 is 5.97 Å². The van der Waals surface area contributed by atoms with Gasteiger partial charge in [0.1, 0.15) is 6.10 Å². The molecule has 1 aromatic rings. The number of amides is 1. The number of aliphatic hydroxyl groups excluding tert-OH is 2. The van der Waals surface area contributed by atoms with Crippen LogP contribution in [0.1, 0.15) is 28.4 Å². The molecule has 1 amide bonds. The second kappa shape index (κ2) is 5.81. The highest BCUT2D eigenvalue weighted by Gasteiger charge is 2.26. The van der Waals surface area contributed by atoms with E-state index in [-0.39, 0.29) is 16.1 Å². The van der Waals surface area contributed by atoms with E-state index in [0.29, 0.717) is 0 Å². The number of aromatic carboxylic acids is 1. The number of carbonyl (C=O) groups excluding carboxylic acids is 1. The van der Waals surface area contributed by atoms with Crippen molar-refractivity contribution in [3.05, 3.63) is 34.3 Å². The largest absolute Gasteiger partial charge is 0.478 e. The zero-order valence-electron chi connectivity index (χ0n) is 9.21. The van der Waals surface area contributed by atoms with Gasteiger partial charge in [-0.05, 0) is 11.6 Å². The van der Waals surface area contributed by atoms with Crippen LogP contribution in [0.3, 0.4) is 0 Å². The number of aliphatic hydroxyl groups is 2. The number of carboxylic acid groups (broad SMARTS) is 1. The number of hydrogen-bond donors (Lipinski definition) is 4. The van der Waals surface area contributed by atoms with E-state index in [1.807, 2.05) is 0 Å². The quantitative estimate of drug-likeness (QED) is 0.615. The van der Waals surface area contributed by atoms with Crippen LogP contribution in [0, 0.1) is 0 Å². The molecule has 0 aliphatic heterocycles. The molecule has 5 N–H and O–H groups in total. The molecule has 0 aliphatic rings. The van der Waals surface area contributed by atoms with E-state index in [2.05, 4.69) is 0 Å². The predicted molar refractivity (Wildman–Crippen MR) is 63.2 cm³/mol. The Hall–Kier alpha value is -1.63. The Morgan fingerprint density at radius 1 is 1.33 bits per heavy atom. The number of carboxylic acids is 1. The monoisotopic (exact) mass is 273 g/mol. The van der Waals surface area contributed by atoms with E-state index in [4.69, 9.17) is 22.4 Å². The molecule has 0 fully saturated rings. The third kappa shape index (κ3) is 3.19. The number of benzene rings is 1. The molecule has 0 saturated carbocycles. The van der Waals surface area contributed by atoms with Crippen molar-refractivity contribution >= 4 is 23.5 Å². The molecule has 18 heavy (non-hydrogen) atoms. The molecule has 0 aromatic heterocycles. The summed E-state index contributed by atoms with van der Waals surface area (Å²) in [6.07, 6.45) is -3.52. The third-order valence-electron chi connectivity index (χ3n) is 2.35. The lowest BCUT2D eigenvalue weighted by Crippen LogP contribution is -2.26. The molecule has 0 saturated heterocycles. The fourth-order valence-corrected chi connectivity index (χ4v) is 1.80. The van der Waals surface area contributed by atoms with Gasteiger partial charge in [0, 0.05) is 0 Å². The zero-order valence-corrected chi connectivity index (χ0v) is 9.96. The van der Waals surface area contributed by atoms with Crippen molar-refractivity contribution in [2.24, 2.45) is 5.73 Å². The summed E-state index contributed by atoms with van der Waals surface area (Å²) in [6, 6.07) is 4.09. The summed E-state index contributed by atoms with van der Waals surface area (Å²) in [5.41, 5.74) is 4.51. The van der Waals surface area contributed by atoms with Crippen LogP contribution in [0.15, 0.2) is 18.2 Å². The maximum absolute atomic E-state index is 11.0. The minimum Gasteiger partial charge on any atom is -0.478 e. The average molecular weight is 274 g/mol. The van der Waals surface area contributed by atoms with E-state index < -0.39 is 30.5 Å². The maximum atomic E-state index is 11.0. The molecular formula is C11H12ClNO5. The number of primary amides is 1. The minimum atomic E-state index is -1.55. The highest BCUT2D eigenvalue weighted by Crippen LogP contribution is 2.27. The molecule has 2 atom stereocenters. The topological polar surface area (TPSA) is 121 Å². The van der Waals surface area contributed by atoms with Crippen LogP contribution < -0.4 is 5.73 Å². The Labute approximate surface area is 108 Å². The van der Waals surface area contributed by atoms with E-state index in [1.165, 1.54) is 18.2 Å². The average Bonchev–Trinajstić information content (AvgIpc) is 2.26. The first-order chi connectivity index (χ1) is 8.34. The summed E-state index contributed by atoms with van der Waals surface area (Å²) < 4.78 is 0. The smallest absolute Gasteiger partial charge is 0.337 e. The van der Waals surface area contributed by atoms with Crippen molar-refractivity contribution in [1.29, 1.82) is 0 Å². The number of halogens is 1. The molecule has 98 valence electrons. The molecule has 0 radical (unpaired) electrons. The molecule has 0 spiro atoms. The van der Waals surface area contributed by atoms with E-state index in [9.17, 15) is 19.8 Å². The van der Waals surface area contributed by atoms with Gasteiger partial charge in [0.25, 0.3) is 0 Å². The van der Waals surface area contributed by atoms with Crippen LogP contribution in [-0.2, 0) is 4.79 Å². The maximum Gasteiger partial charge on any atom is 0.337 e. The van der Waals surface area contributed by atoms with Crippen molar-refractivity contribution in [2.45, 2.75) is 18.6 Å². The SMILES string of the molecule is NC(=O)CC(O)C(O)c1cccc(Cl)c1C(=O)O.